The Kier molecular flexibility index (Phi) is 8.02. The minimum atomic E-state index is -0.168. The summed E-state index contributed by atoms with van der Waals surface area (Å²) in [4.78, 5) is 15.8. The third kappa shape index (κ3) is 6.22. The van der Waals surface area contributed by atoms with Crippen LogP contribution in [0.4, 0.5) is 5.69 Å². The lowest BCUT2D eigenvalue weighted by Crippen LogP contribution is -2.44. The van der Waals surface area contributed by atoms with Gasteiger partial charge in [0.25, 0.3) is 0 Å². The third-order valence-corrected chi connectivity index (χ3v) is 6.84. The summed E-state index contributed by atoms with van der Waals surface area (Å²) in [5, 5.41) is 11.8. The number of amides is 1. The molecule has 0 spiro atoms. The monoisotopic (exact) mass is 510 g/mol. The van der Waals surface area contributed by atoms with Crippen LogP contribution < -0.4 is 10.1 Å². The number of fused-ring (bicyclic) bond motifs is 2. The summed E-state index contributed by atoms with van der Waals surface area (Å²) in [6, 6.07) is 26.4. The topological polar surface area (TPSA) is 80.5 Å². The molecule has 0 fully saturated rings. The zero-order valence-electron chi connectivity index (χ0n) is 22.0. The molecule has 1 N–H and O–H groups in total. The fourth-order valence-corrected chi connectivity index (χ4v) is 4.71. The number of benzene rings is 3. The smallest absolute Gasteiger partial charge is 0.223 e. The van der Waals surface area contributed by atoms with Gasteiger partial charge in [-0.2, -0.15) is 0 Å². The molecule has 4 aromatic rings. The van der Waals surface area contributed by atoms with Gasteiger partial charge >= 0.3 is 0 Å². The third-order valence-electron chi connectivity index (χ3n) is 6.84. The summed E-state index contributed by atoms with van der Waals surface area (Å²) >= 11 is 0. The van der Waals surface area contributed by atoms with Crippen molar-refractivity contribution in [1.82, 2.24) is 15.1 Å². The lowest BCUT2D eigenvalue weighted by atomic mass is 10.0. The fourth-order valence-electron chi connectivity index (χ4n) is 4.71. The van der Waals surface area contributed by atoms with Gasteiger partial charge in [0, 0.05) is 43.1 Å². The maximum atomic E-state index is 13.9. The second-order valence-corrected chi connectivity index (χ2v) is 9.98. The molecule has 1 aliphatic heterocycles. The summed E-state index contributed by atoms with van der Waals surface area (Å²) < 4.78 is 12.2. The molecule has 3 aromatic carbocycles. The van der Waals surface area contributed by atoms with Gasteiger partial charge in [0.2, 0.25) is 17.7 Å². The van der Waals surface area contributed by atoms with Gasteiger partial charge < -0.3 is 19.4 Å². The van der Waals surface area contributed by atoms with Crippen LogP contribution in [0.5, 0.6) is 5.75 Å². The molecule has 0 radical (unpaired) electrons. The van der Waals surface area contributed by atoms with Gasteiger partial charge in [0.05, 0.1) is 6.04 Å². The van der Waals surface area contributed by atoms with E-state index in [4.69, 9.17) is 9.15 Å². The quantitative estimate of drug-likeness (QED) is 0.355. The predicted octanol–water partition coefficient (Wildman–Crippen LogP) is 5.77. The first-order chi connectivity index (χ1) is 18.6. The van der Waals surface area contributed by atoms with Crippen molar-refractivity contribution in [2.24, 2.45) is 0 Å². The average molecular weight is 511 g/mol. The minimum Gasteiger partial charge on any atom is -0.491 e. The van der Waals surface area contributed by atoms with Crippen molar-refractivity contribution in [3.05, 3.63) is 107 Å². The Bertz CT molecular complexity index is 1350. The molecule has 0 saturated heterocycles. The SMILES string of the molecule is CC(C)c1nnc(CCC(=O)N2Cc3ccccc3NCc3ccccc3OC[C@@H]2Cc2ccccc2)o1. The van der Waals surface area contributed by atoms with Gasteiger partial charge in [-0.05, 0) is 29.7 Å². The molecule has 38 heavy (non-hydrogen) atoms. The van der Waals surface area contributed by atoms with Gasteiger partial charge in [0.1, 0.15) is 12.4 Å². The van der Waals surface area contributed by atoms with E-state index in [1.54, 1.807) is 0 Å². The van der Waals surface area contributed by atoms with Crippen molar-refractivity contribution >= 4 is 11.6 Å². The van der Waals surface area contributed by atoms with Gasteiger partial charge in [-0.1, -0.05) is 80.6 Å². The average Bonchev–Trinajstić information content (AvgIpc) is 3.42. The number of hydrogen-bond donors (Lipinski definition) is 1. The van der Waals surface area contributed by atoms with Gasteiger partial charge in [-0.15, -0.1) is 10.2 Å². The van der Waals surface area contributed by atoms with Crippen molar-refractivity contribution in [2.75, 3.05) is 11.9 Å². The van der Waals surface area contributed by atoms with Crippen LogP contribution in [-0.4, -0.2) is 33.7 Å². The highest BCUT2D eigenvalue weighted by Gasteiger charge is 2.27. The van der Waals surface area contributed by atoms with Crippen LogP contribution in [-0.2, 0) is 30.7 Å². The number of ether oxygens (including phenoxy) is 1. The molecule has 0 unspecified atom stereocenters. The Balaban J connectivity index is 1.46. The minimum absolute atomic E-state index is 0.0289. The van der Waals surface area contributed by atoms with Crippen LogP contribution >= 0.6 is 0 Å². The molecule has 1 aliphatic rings. The number of carbonyl (C=O) groups excluding carboxylic acids is 1. The van der Waals surface area contributed by atoms with Crippen molar-refractivity contribution in [3.63, 3.8) is 0 Å². The summed E-state index contributed by atoms with van der Waals surface area (Å²) in [5.74, 6) is 2.10. The van der Waals surface area contributed by atoms with E-state index in [1.165, 1.54) is 0 Å². The number of nitrogens with one attached hydrogen (secondary N) is 1. The Morgan fingerprint density at radius 1 is 0.974 bits per heavy atom. The second-order valence-electron chi connectivity index (χ2n) is 9.98. The zero-order valence-corrected chi connectivity index (χ0v) is 22.0. The molecular weight excluding hydrogens is 476 g/mol. The standard InChI is InChI=1S/C31H34N4O3/c1-22(2)31-34-33-29(38-31)16-17-30(36)35-20-25-13-6-8-14-27(25)32-19-24-12-7-9-15-28(24)37-21-26(35)18-23-10-4-3-5-11-23/h3-15,22,26,32H,16-21H2,1-2H3/t26-/m0/s1. The predicted molar refractivity (Wildman–Crippen MR) is 147 cm³/mol. The number of nitrogens with zero attached hydrogens (tertiary/aromatic N) is 3. The van der Waals surface area contributed by atoms with Crippen LogP contribution in [0.2, 0.25) is 0 Å². The van der Waals surface area contributed by atoms with E-state index in [0.717, 1.165) is 28.1 Å². The van der Waals surface area contributed by atoms with E-state index < -0.39 is 0 Å². The Morgan fingerprint density at radius 3 is 2.50 bits per heavy atom. The number of hydrogen-bond acceptors (Lipinski definition) is 6. The van der Waals surface area contributed by atoms with Crippen LogP contribution in [0.3, 0.4) is 0 Å². The molecule has 0 saturated carbocycles. The molecule has 2 heterocycles. The maximum absolute atomic E-state index is 13.9. The molecule has 7 heteroatoms. The zero-order chi connectivity index (χ0) is 26.3. The van der Waals surface area contributed by atoms with Crippen LogP contribution in [0, 0.1) is 0 Å². The van der Waals surface area contributed by atoms with E-state index in [1.807, 2.05) is 67.3 Å². The molecule has 1 aromatic heterocycles. The first kappa shape index (κ1) is 25.5. The second kappa shape index (κ2) is 11.9. The van der Waals surface area contributed by atoms with Crippen molar-refractivity contribution in [1.29, 1.82) is 0 Å². The van der Waals surface area contributed by atoms with Crippen LogP contribution in [0.1, 0.15) is 54.7 Å². The molecule has 1 amide bonds. The van der Waals surface area contributed by atoms with Gasteiger partial charge in [-0.25, -0.2) is 0 Å². The summed E-state index contributed by atoms with van der Waals surface area (Å²) in [6.45, 7) is 5.52. The molecular formula is C31H34N4O3. The first-order valence-corrected chi connectivity index (χ1v) is 13.2. The molecule has 196 valence electrons. The maximum Gasteiger partial charge on any atom is 0.223 e. The Hall–Kier alpha value is -4.13. The van der Waals surface area contributed by atoms with Crippen molar-refractivity contribution in [3.8, 4) is 5.75 Å². The van der Waals surface area contributed by atoms with E-state index in [2.05, 4.69) is 45.8 Å². The Morgan fingerprint density at radius 2 is 1.71 bits per heavy atom. The first-order valence-electron chi connectivity index (χ1n) is 13.2. The van der Waals surface area contributed by atoms with Gasteiger partial charge in [-0.3, -0.25) is 4.79 Å². The summed E-state index contributed by atoms with van der Waals surface area (Å²) in [6.07, 6.45) is 1.36. The molecule has 5 rings (SSSR count). The molecule has 0 bridgehead atoms. The van der Waals surface area contributed by atoms with E-state index >= 15 is 0 Å². The lowest BCUT2D eigenvalue weighted by molar-refractivity contribution is -0.135. The highest BCUT2D eigenvalue weighted by atomic mass is 16.5. The number of aryl methyl sites for hydroxylation is 1. The highest BCUT2D eigenvalue weighted by Crippen LogP contribution is 2.26. The van der Waals surface area contributed by atoms with E-state index in [9.17, 15) is 4.79 Å². The normalized spacial score (nSPS) is 15.6. The number of aromatic nitrogens is 2. The van der Waals surface area contributed by atoms with Crippen molar-refractivity contribution in [2.45, 2.75) is 58.2 Å². The van der Waals surface area contributed by atoms with Crippen molar-refractivity contribution < 1.29 is 13.9 Å². The van der Waals surface area contributed by atoms with Crippen LogP contribution in [0.25, 0.3) is 0 Å². The summed E-state index contributed by atoms with van der Waals surface area (Å²) in [5.41, 5.74) is 4.32. The number of rotatable bonds is 6. The fraction of sp³-hybridized carbons (Fsp3) is 0.323. The largest absolute Gasteiger partial charge is 0.491 e. The Labute approximate surface area is 223 Å². The number of para-hydroxylation sites is 2. The molecule has 0 aliphatic carbocycles. The van der Waals surface area contributed by atoms with Gasteiger partial charge in [0.15, 0.2) is 0 Å². The highest BCUT2D eigenvalue weighted by molar-refractivity contribution is 5.77. The van der Waals surface area contributed by atoms with Crippen LogP contribution in [0.15, 0.2) is 83.3 Å². The van der Waals surface area contributed by atoms with E-state index in [0.29, 0.717) is 44.3 Å². The summed E-state index contributed by atoms with van der Waals surface area (Å²) in [7, 11) is 0. The lowest BCUT2D eigenvalue weighted by Gasteiger charge is -2.32. The number of anilines is 1. The molecule has 7 nitrogen and oxygen atoms in total. The number of carbonyl (C=O) groups is 1. The molecule has 1 atom stereocenters. The van der Waals surface area contributed by atoms with E-state index in [-0.39, 0.29) is 24.3 Å².